The van der Waals surface area contributed by atoms with Crippen molar-refractivity contribution in [1.29, 1.82) is 0 Å². The van der Waals surface area contributed by atoms with E-state index in [2.05, 4.69) is 24.4 Å². The predicted molar refractivity (Wildman–Crippen MR) is 64.5 cm³/mol. The molecule has 2 heteroatoms. The van der Waals surface area contributed by atoms with E-state index in [1.165, 1.54) is 37.3 Å². The summed E-state index contributed by atoms with van der Waals surface area (Å²) < 4.78 is 5.95. The Balaban J connectivity index is 1.59. The second kappa shape index (κ2) is 4.25. The van der Waals surface area contributed by atoms with E-state index in [0.29, 0.717) is 0 Å². The molecule has 2 aliphatic rings. The fourth-order valence-corrected chi connectivity index (χ4v) is 2.80. The minimum atomic E-state index is 0.721. The molecular weight excluding hydrogens is 198 g/mol. The quantitative estimate of drug-likeness (QED) is 0.845. The van der Waals surface area contributed by atoms with Crippen LogP contribution < -0.4 is 5.32 Å². The molecule has 88 valence electrons. The topological polar surface area (TPSA) is 25.2 Å². The molecule has 0 radical (unpaired) electrons. The third kappa shape index (κ3) is 2.17. The van der Waals surface area contributed by atoms with Gasteiger partial charge in [0.1, 0.15) is 11.5 Å². The second-order valence-corrected chi connectivity index (χ2v) is 5.54. The molecule has 3 atom stereocenters. The molecule has 0 amide bonds. The largest absolute Gasteiger partial charge is 0.466 e. The zero-order valence-electron chi connectivity index (χ0n) is 10.0. The van der Waals surface area contributed by atoms with Crippen LogP contribution in [0.5, 0.6) is 0 Å². The lowest BCUT2D eigenvalue weighted by atomic mass is 9.95. The van der Waals surface area contributed by atoms with E-state index >= 15 is 0 Å². The Hall–Kier alpha value is -0.760. The molecule has 2 heterocycles. The standard InChI is InChI=1S/C14H21NO/c1-10-7-13(10)14-5-4-12(16-14)8-11-3-2-6-15-9-11/h4-5,10-11,13,15H,2-3,6-9H2,1H3. The van der Waals surface area contributed by atoms with Crippen molar-refractivity contribution < 1.29 is 4.42 Å². The Bertz CT molecular complexity index is 351. The van der Waals surface area contributed by atoms with Crippen molar-refractivity contribution in [3.63, 3.8) is 0 Å². The van der Waals surface area contributed by atoms with E-state index in [4.69, 9.17) is 4.42 Å². The Morgan fingerprint density at radius 1 is 1.44 bits per heavy atom. The van der Waals surface area contributed by atoms with Gasteiger partial charge in [-0.05, 0) is 56.3 Å². The number of rotatable bonds is 3. The lowest BCUT2D eigenvalue weighted by molar-refractivity contribution is 0.344. The number of piperidine rings is 1. The van der Waals surface area contributed by atoms with E-state index in [-0.39, 0.29) is 0 Å². The van der Waals surface area contributed by atoms with E-state index in [1.54, 1.807) is 0 Å². The summed E-state index contributed by atoms with van der Waals surface area (Å²) in [5.74, 6) is 4.77. The molecule has 0 spiro atoms. The van der Waals surface area contributed by atoms with Crippen LogP contribution >= 0.6 is 0 Å². The van der Waals surface area contributed by atoms with Gasteiger partial charge in [0.15, 0.2) is 0 Å². The fourth-order valence-electron chi connectivity index (χ4n) is 2.80. The van der Waals surface area contributed by atoms with Crippen LogP contribution in [-0.4, -0.2) is 13.1 Å². The van der Waals surface area contributed by atoms with Gasteiger partial charge in [-0.2, -0.15) is 0 Å². The molecular formula is C14H21NO. The first-order valence-corrected chi connectivity index (χ1v) is 6.62. The van der Waals surface area contributed by atoms with Crippen molar-refractivity contribution in [2.75, 3.05) is 13.1 Å². The summed E-state index contributed by atoms with van der Waals surface area (Å²) >= 11 is 0. The zero-order chi connectivity index (χ0) is 11.0. The number of furan rings is 1. The Kier molecular flexibility index (Phi) is 2.76. The molecule has 2 fully saturated rings. The minimum Gasteiger partial charge on any atom is -0.466 e. The van der Waals surface area contributed by atoms with Gasteiger partial charge in [-0.25, -0.2) is 0 Å². The first kappa shape index (κ1) is 10.4. The summed E-state index contributed by atoms with van der Waals surface area (Å²) in [6.45, 7) is 4.66. The molecule has 1 saturated carbocycles. The summed E-state index contributed by atoms with van der Waals surface area (Å²) in [5.41, 5.74) is 0. The van der Waals surface area contributed by atoms with Gasteiger partial charge in [0.25, 0.3) is 0 Å². The number of hydrogen-bond donors (Lipinski definition) is 1. The van der Waals surface area contributed by atoms with Crippen LogP contribution in [0.15, 0.2) is 16.5 Å². The smallest absolute Gasteiger partial charge is 0.107 e. The molecule has 1 aromatic heterocycles. The van der Waals surface area contributed by atoms with Crippen LogP contribution in [-0.2, 0) is 6.42 Å². The Labute approximate surface area is 97.4 Å². The summed E-state index contributed by atoms with van der Waals surface area (Å²) in [5, 5.41) is 3.46. The summed E-state index contributed by atoms with van der Waals surface area (Å²) in [4.78, 5) is 0. The van der Waals surface area contributed by atoms with E-state index in [0.717, 1.165) is 30.7 Å². The maximum absolute atomic E-state index is 5.95. The maximum atomic E-state index is 5.95. The zero-order valence-corrected chi connectivity index (χ0v) is 10.0. The molecule has 1 N–H and O–H groups in total. The van der Waals surface area contributed by atoms with E-state index in [1.807, 2.05) is 0 Å². The van der Waals surface area contributed by atoms with Gasteiger partial charge in [0.2, 0.25) is 0 Å². The molecule has 16 heavy (non-hydrogen) atoms. The molecule has 1 aromatic rings. The van der Waals surface area contributed by atoms with Crippen molar-refractivity contribution in [2.45, 2.75) is 38.5 Å². The highest BCUT2D eigenvalue weighted by molar-refractivity contribution is 5.18. The van der Waals surface area contributed by atoms with Crippen LogP contribution in [0, 0.1) is 11.8 Å². The van der Waals surface area contributed by atoms with E-state index < -0.39 is 0 Å². The Morgan fingerprint density at radius 2 is 2.31 bits per heavy atom. The lowest BCUT2D eigenvalue weighted by Gasteiger charge is -2.21. The Morgan fingerprint density at radius 3 is 3.00 bits per heavy atom. The van der Waals surface area contributed by atoms with Crippen LogP contribution in [0.25, 0.3) is 0 Å². The number of hydrogen-bond acceptors (Lipinski definition) is 2. The van der Waals surface area contributed by atoms with Gasteiger partial charge >= 0.3 is 0 Å². The van der Waals surface area contributed by atoms with E-state index in [9.17, 15) is 0 Å². The highest BCUT2D eigenvalue weighted by atomic mass is 16.3. The van der Waals surface area contributed by atoms with Gasteiger partial charge in [0, 0.05) is 12.3 Å². The monoisotopic (exact) mass is 219 g/mol. The highest BCUT2D eigenvalue weighted by Gasteiger charge is 2.36. The van der Waals surface area contributed by atoms with Crippen molar-refractivity contribution in [2.24, 2.45) is 11.8 Å². The van der Waals surface area contributed by atoms with Gasteiger partial charge < -0.3 is 9.73 Å². The average molecular weight is 219 g/mol. The first-order valence-electron chi connectivity index (χ1n) is 6.62. The van der Waals surface area contributed by atoms with Crippen molar-refractivity contribution in [3.8, 4) is 0 Å². The van der Waals surface area contributed by atoms with Crippen LogP contribution in [0.3, 0.4) is 0 Å². The van der Waals surface area contributed by atoms with Crippen LogP contribution in [0.4, 0.5) is 0 Å². The van der Waals surface area contributed by atoms with Crippen molar-refractivity contribution in [3.05, 3.63) is 23.7 Å². The normalized spacial score (nSPS) is 33.9. The lowest BCUT2D eigenvalue weighted by Crippen LogP contribution is -2.30. The van der Waals surface area contributed by atoms with Gasteiger partial charge in [-0.1, -0.05) is 6.92 Å². The van der Waals surface area contributed by atoms with Crippen LogP contribution in [0.2, 0.25) is 0 Å². The molecule has 1 aliphatic carbocycles. The summed E-state index contributed by atoms with van der Waals surface area (Å²) in [6, 6.07) is 4.38. The van der Waals surface area contributed by atoms with Crippen molar-refractivity contribution in [1.82, 2.24) is 5.32 Å². The highest BCUT2D eigenvalue weighted by Crippen LogP contribution is 2.47. The molecule has 3 unspecified atom stereocenters. The molecule has 3 rings (SSSR count). The molecule has 1 saturated heterocycles. The SMILES string of the molecule is CC1CC1c1ccc(CC2CCCNC2)o1. The summed E-state index contributed by atoms with van der Waals surface area (Å²) in [7, 11) is 0. The third-order valence-electron chi connectivity index (χ3n) is 4.05. The maximum Gasteiger partial charge on any atom is 0.107 e. The van der Waals surface area contributed by atoms with Crippen molar-refractivity contribution >= 4 is 0 Å². The minimum absolute atomic E-state index is 0.721. The van der Waals surface area contributed by atoms with Gasteiger partial charge in [-0.15, -0.1) is 0 Å². The molecule has 2 nitrogen and oxygen atoms in total. The molecule has 1 aliphatic heterocycles. The average Bonchev–Trinajstić information content (AvgIpc) is 2.86. The predicted octanol–water partition coefficient (Wildman–Crippen LogP) is 2.95. The third-order valence-corrected chi connectivity index (χ3v) is 4.05. The first-order chi connectivity index (χ1) is 7.83. The number of nitrogens with one attached hydrogen (secondary N) is 1. The second-order valence-electron chi connectivity index (χ2n) is 5.54. The van der Waals surface area contributed by atoms with Crippen LogP contribution in [0.1, 0.15) is 43.6 Å². The molecule has 0 bridgehead atoms. The molecule has 0 aromatic carbocycles. The summed E-state index contributed by atoms with van der Waals surface area (Å²) in [6.07, 6.45) is 5.10. The fraction of sp³-hybridized carbons (Fsp3) is 0.714. The van der Waals surface area contributed by atoms with Gasteiger partial charge in [0.05, 0.1) is 0 Å². The van der Waals surface area contributed by atoms with Gasteiger partial charge in [-0.3, -0.25) is 0 Å².